The van der Waals surface area contributed by atoms with Gasteiger partial charge in [0, 0.05) is 11.3 Å². The van der Waals surface area contributed by atoms with Crippen LogP contribution in [-0.4, -0.2) is 11.8 Å². The number of hydrogen-bond donors (Lipinski definition) is 2. The largest absolute Gasteiger partial charge is 0.459 e. The third-order valence-electron chi connectivity index (χ3n) is 4.94. The smallest absolute Gasteiger partial charge is 0.291 e. The van der Waals surface area contributed by atoms with Gasteiger partial charge in [-0.25, -0.2) is 0 Å². The van der Waals surface area contributed by atoms with Crippen molar-refractivity contribution >= 4 is 17.5 Å². The lowest BCUT2D eigenvalue weighted by atomic mass is 9.98. The highest BCUT2D eigenvalue weighted by Crippen LogP contribution is 2.20. The van der Waals surface area contributed by atoms with Crippen molar-refractivity contribution in [3.8, 4) is 0 Å². The average molecular weight is 410 g/mol. The number of benzene rings is 3. The summed E-state index contributed by atoms with van der Waals surface area (Å²) in [6.45, 7) is 0. The Labute approximate surface area is 180 Å². The van der Waals surface area contributed by atoms with E-state index < -0.39 is 0 Å². The Balaban J connectivity index is 1.46. The van der Waals surface area contributed by atoms with Crippen LogP contribution in [0.1, 0.15) is 38.1 Å². The lowest BCUT2D eigenvalue weighted by molar-refractivity contribution is 0.0936. The van der Waals surface area contributed by atoms with E-state index in [0.717, 1.165) is 11.1 Å². The molecule has 0 aliphatic heterocycles. The minimum absolute atomic E-state index is 0.158. The van der Waals surface area contributed by atoms with Crippen LogP contribution in [0.3, 0.4) is 0 Å². The second-order valence-electron chi connectivity index (χ2n) is 7.14. The molecule has 1 atom stereocenters. The molecule has 154 valence electrons. The molecule has 0 saturated heterocycles. The summed E-state index contributed by atoms with van der Waals surface area (Å²) in [6.07, 6.45) is 2.13. The SMILES string of the molecule is O=C(N[C@@H](Cc1ccccc1)c1ccccc1)c1ccc(NC(=O)c2ccco2)cc1. The molecule has 5 heteroatoms. The van der Waals surface area contributed by atoms with Crippen LogP contribution in [0.25, 0.3) is 0 Å². The molecule has 0 spiro atoms. The van der Waals surface area contributed by atoms with E-state index in [4.69, 9.17) is 4.42 Å². The van der Waals surface area contributed by atoms with Crippen molar-refractivity contribution in [1.29, 1.82) is 0 Å². The maximum Gasteiger partial charge on any atom is 0.291 e. The van der Waals surface area contributed by atoms with Gasteiger partial charge in [0.1, 0.15) is 0 Å². The van der Waals surface area contributed by atoms with E-state index >= 15 is 0 Å². The van der Waals surface area contributed by atoms with Crippen molar-refractivity contribution < 1.29 is 14.0 Å². The number of amides is 2. The van der Waals surface area contributed by atoms with Gasteiger partial charge in [0.05, 0.1) is 12.3 Å². The van der Waals surface area contributed by atoms with Crippen molar-refractivity contribution in [1.82, 2.24) is 5.32 Å². The molecular formula is C26H22N2O3. The fraction of sp³-hybridized carbons (Fsp3) is 0.0769. The highest BCUT2D eigenvalue weighted by atomic mass is 16.3. The minimum Gasteiger partial charge on any atom is -0.459 e. The summed E-state index contributed by atoms with van der Waals surface area (Å²) in [5, 5.41) is 5.88. The van der Waals surface area contributed by atoms with Gasteiger partial charge in [-0.15, -0.1) is 0 Å². The molecule has 4 rings (SSSR count). The Morgan fingerprint density at radius 3 is 2.06 bits per heavy atom. The predicted molar refractivity (Wildman–Crippen MR) is 120 cm³/mol. The summed E-state index contributed by atoms with van der Waals surface area (Å²) in [4.78, 5) is 25.0. The van der Waals surface area contributed by atoms with E-state index in [1.54, 1.807) is 36.4 Å². The van der Waals surface area contributed by atoms with Gasteiger partial charge in [-0.05, 0) is 53.9 Å². The topological polar surface area (TPSA) is 71.3 Å². The molecule has 0 saturated carbocycles. The number of carbonyl (C=O) groups excluding carboxylic acids is 2. The van der Waals surface area contributed by atoms with Gasteiger partial charge in [0.25, 0.3) is 11.8 Å². The number of furan rings is 1. The first-order chi connectivity index (χ1) is 15.2. The van der Waals surface area contributed by atoms with Crippen molar-refractivity contribution in [3.63, 3.8) is 0 Å². The van der Waals surface area contributed by atoms with Gasteiger partial charge in [-0.2, -0.15) is 0 Å². The average Bonchev–Trinajstić information content (AvgIpc) is 3.36. The third kappa shape index (κ3) is 5.28. The second kappa shape index (κ2) is 9.59. The summed E-state index contributed by atoms with van der Waals surface area (Å²) in [5.74, 6) is -0.281. The Morgan fingerprint density at radius 1 is 0.742 bits per heavy atom. The summed E-state index contributed by atoms with van der Waals surface area (Å²) >= 11 is 0. The fourth-order valence-corrected chi connectivity index (χ4v) is 3.33. The zero-order valence-corrected chi connectivity index (χ0v) is 16.8. The van der Waals surface area contributed by atoms with Crippen molar-refractivity contribution in [2.75, 3.05) is 5.32 Å². The highest BCUT2D eigenvalue weighted by Gasteiger charge is 2.17. The van der Waals surface area contributed by atoms with Crippen molar-refractivity contribution in [2.45, 2.75) is 12.5 Å². The lowest BCUT2D eigenvalue weighted by Gasteiger charge is -2.20. The van der Waals surface area contributed by atoms with E-state index in [-0.39, 0.29) is 23.6 Å². The maximum absolute atomic E-state index is 12.9. The van der Waals surface area contributed by atoms with Crippen LogP contribution in [-0.2, 0) is 6.42 Å². The van der Waals surface area contributed by atoms with Crippen LogP contribution in [0.4, 0.5) is 5.69 Å². The van der Waals surface area contributed by atoms with Crippen LogP contribution in [0.5, 0.6) is 0 Å². The van der Waals surface area contributed by atoms with Crippen molar-refractivity contribution in [3.05, 3.63) is 126 Å². The summed E-state index contributed by atoms with van der Waals surface area (Å²) in [5.41, 5.74) is 3.29. The predicted octanol–water partition coefficient (Wildman–Crippen LogP) is 5.25. The molecule has 1 aromatic heterocycles. The Morgan fingerprint density at radius 2 is 1.42 bits per heavy atom. The molecule has 0 radical (unpaired) electrons. The molecule has 4 aromatic rings. The van der Waals surface area contributed by atoms with Gasteiger partial charge in [-0.3, -0.25) is 9.59 Å². The zero-order chi connectivity index (χ0) is 21.5. The van der Waals surface area contributed by atoms with Gasteiger partial charge in [0.15, 0.2) is 5.76 Å². The van der Waals surface area contributed by atoms with E-state index in [1.165, 1.54) is 6.26 Å². The van der Waals surface area contributed by atoms with Crippen LogP contribution >= 0.6 is 0 Å². The summed E-state index contributed by atoms with van der Waals surface area (Å²) in [6, 6.07) is 29.9. The van der Waals surface area contributed by atoms with E-state index in [0.29, 0.717) is 17.7 Å². The normalized spacial score (nSPS) is 11.5. The lowest BCUT2D eigenvalue weighted by Crippen LogP contribution is -2.30. The molecule has 1 heterocycles. The molecule has 0 aliphatic carbocycles. The standard InChI is InChI=1S/C26H22N2O3/c29-25(21-13-15-22(16-14-21)27-26(30)24-12-7-17-31-24)28-23(20-10-5-2-6-11-20)18-19-8-3-1-4-9-19/h1-17,23H,18H2,(H,27,30)(H,28,29)/t23-/m0/s1. The first-order valence-electron chi connectivity index (χ1n) is 10.0. The van der Waals surface area contributed by atoms with Gasteiger partial charge in [-0.1, -0.05) is 60.7 Å². The van der Waals surface area contributed by atoms with Crippen LogP contribution in [0.15, 0.2) is 108 Å². The number of anilines is 1. The molecule has 0 aliphatic rings. The molecule has 0 bridgehead atoms. The van der Waals surface area contributed by atoms with E-state index in [9.17, 15) is 9.59 Å². The Kier molecular flexibility index (Phi) is 6.24. The van der Waals surface area contributed by atoms with Gasteiger partial charge < -0.3 is 15.1 Å². The Hall–Kier alpha value is -4.12. The number of carbonyl (C=O) groups is 2. The highest BCUT2D eigenvalue weighted by molar-refractivity contribution is 6.02. The number of rotatable bonds is 7. The number of nitrogens with one attached hydrogen (secondary N) is 2. The molecule has 0 unspecified atom stereocenters. The quantitative estimate of drug-likeness (QED) is 0.437. The number of hydrogen-bond acceptors (Lipinski definition) is 3. The first kappa shape index (κ1) is 20.2. The summed E-state index contributed by atoms with van der Waals surface area (Å²) in [7, 11) is 0. The molecule has 2 N–H and O–H groups in total. The third-order valence-corrected chi connectivity index (χ3v) is 4.94. The fourth-order valence-electron chi connectivity index (χ4n) is 3.33. The van der Waals surface area contributed by atoms with Crippen LogP contribution in [0.2, 0.25) is 0 Å². The van der Waals surface area contributed by atoms with Crippen molar-refractivity contribution in [2.24, 2.45) is 0 Å². The zero-order valence-electron chi connectivity index (χ0n) is 16.8. The molecular weight excluding hydrogens is 388 g/mol. The first-order valence-corrected chi connectivity index (χ1v) is 10.0. The second-order valence-corrected chi connectivity index (χ2v) is 7.14. The molecule has 2 amide bonds. The van der Waals surface area contributed by atoms with Gasteiger partial charge >= 0.3 is 0 Å². The van der Waals surface area contributed by atoms with Gasteiger partial charge in [0.2, 0.25) is 0 Å². The monoisotopic (exact) mass is 410 g/mol. The molecule has 5 nitrogen and oxygen atoms in total. The molecule has 3 aromatic carbocycles. The molecule has 31 heavy (non-hydrogen) atoms. The van der Waals surface area contributed by atoms with E-state index in [2.05, 4.69) is 22.8 Å². The summed E-state index contributed by atoms with van der Waals surface area (Å²) < 4.78 is 5.09. The van der Waals surface area contributed by atoms with Crippen LogP contribution in [0, 0.1) is 0 Å². The maximum atomic E-state index is 12.9. The van der Waals surface area contributed by atoms with Crippen LogP contribution < -0.4 is 10.6 Å². The minimum atomic E-state index is -0.339. The van der Waals surface area contributed by atoms with E-state index in [1.807, 2.05) is 48.5 Å². The Bertz CT molecular complexity index is 1120. The molecule has 0 fully saturated rings.